The molecule has 1 heterocycles. The van der Waals surface area contributed by atoms with E-state index in [-0.39, 0.29) is 23.4 Å². The van der Waals surface area contributed by atoms with Gasteiger partial charge in [-0.2, -0.15) is 13.2 Å². The molecule has 3 atom stereocenters. The van der Waals surface area contributed by atoms with E-state index in [1.165, 1.54) is 6.07 Å². The van der Waals surface area contributed by atoms with Gasteiger partial charge in [-0.3, -0.25) is 4.79 Å². The van der Waals surface area contributed by atoms with E-state index in [4.69, 9.17) is 9.47 Å². The zero-order chi connectivity index (χ0) is 21.4. The number of benzene rings is 1. The first kappa shape index (κ1) is 22.5. The molecule has 0 radical (unpaired) electrons. The molecule has 0 amide bonds. The molecule has 0 bridgehead atoms. The van der Waals surface area contributed by atoms with Gasteiger partial charge in [0.25, 0.3) is 0 Å². The van der Waals surface area contributed by atoms with E-state index in [1.54, 1.807) is 0 Å². The SMILES string of the molecule is O=C(O)[C@H]1C[C@H](S(=O)(=O)c2ccc(Br)cc2C(F)(F)F)C[C@@H]1OC1CCOCC1. The molecule has 1 aromatic rings. The third kappa shape index (κ3) is 4.95. The van der Waals surface area contributed by atoms with E-state index in [2.05, 4.69) is 15.9 Å². The number of carbonyl (C=O) groups is 1. The largest absolute Gasteiger partial charge is 0.481 e. The zero-order valence-electron chi connectivity index (χ0n) is 15.2. The molecule has 1 aliphatic heterocycles. The van der Waals surface area contributed by atoms with Crippen molar-refractivity contribution in [1.82, 2.24) is 0 Å². The maximum atomic E-state index is 13.4. The second-order valence-electron chi connectivity index (χ2n) is 7.21. The fourth-order valence-electron chi connectivity index (χ4n) is 3.83. The van der Waals surface area contributed by atoms with Crippen LogP contribution in [0.2, 0.25) is 0 Å². The molecule has 3 rings (SSSR count). The lowest BCUT2D eigenvalue weighted by molar-refractivity contribution is -0.149. The normalized spacial score (nSPS) is 26.6. The minimum absolute atomic E-state index is 0.0966. The number of alkyl halides is 3. The number of sulfone groups is 1. The molecule has 6 nitrogen and oxygen atoms in total. The van der Waals surface area contributed by atoms with Crippen LogP contribution in [0.15, 0.2) is 27.6 Å². The summed E-state index contributed by atoms with van der Waals surface area (Å²) in [4.78, 5) is 10.8. The Kier molecular flexibility index (Phi) is 6.62. The molecule has 1 N–H and O–H groups in total. The quantitative estimate of drug-likeness (QED) is 0.663. The lowest BCUT2D eigenvalue weighted by Crippen LogP contribution is -2.33. The smallest absolute Gasteiger partial charge is 0.417 e. The van der Waals surface area contributed by atoms with E-state index in [0.717, 1.165) is 6.07 Å². The maximum absolute atomic E-state index is 13.4. The summed E-state index contributed by atoms with van der Waals surface area (Å²) < 4.78 is 77.5. The highest BCUT2D eigenvalue weighted by atomic mass is 79.9. The summed E-state index contributed by atoms with van der Waals surface area (Å²) in [7, 11) is -4.42. The molecule has 2 aliphatic rings. The summed E-state index contributed by atoms with van der Waals surface area (Å²) in [6.45, 7) is 0.926. The molecule has 1 saturated heterocycles. The minimum atomic E-state index is -4.87. The number of aliphatic carboxylic acids is 1. The number of carboxylic acids is 1. The second-order valence-corrected chi connectivity index (χ2v) is 10.3. The van der Waals surface area contributed by atoms with E-state index < -0.39 is 49.7 Å². The Bertz CT molecular complexity index is 867. The van der Waals surface area contributed by atoms with Crippen LogP contribution >= 0.6 is 15.9 Å². The second kappa shape index (κ2) is 8.52. The van der Waals surface area contributed by atoms with Crippen LogP contribution in [-0.2, 0) is 30.3 Å². The van der Waals surface area contributed by atoms with Gasteiger partial charge in [0.05, 0.1) is 33.8 Å². The van der Waals surface area contributed by atoms with Gasteiger partial charge < -0.3 is 14.6 Å². The summed E-state index contributed by atoms with van der Waals surface area (Å²) in [6.07, 6.45) is -5.33. The maximum Gasteiger partial charge on any atom is 0.417 e. The zero-order valence-corrected chi connectivity index (χ0v) is 17.6. The molecular weight excluding hydrogens is 481 g/mol. The minimum Gasteiger partial charge on any atom is -0.481 e. The third-order valence-corrected chi connectivity index (χ3v) is 8.03. The van der Waals surface area contributed by atoms with Crippen molar-refractivity contribution in [2.75, 3.05) is 13.2 Å². The molecule has 29 heavy (non-hydrogen) atoms. The van der Waals surface area contributed by atoms with Crippen molar-refractivity contribution in [2.45, 2.75) is 54.2 Å². The van der Waals surface area contributed by atoms with Crippen LogP contribution in [-0.4, -0.2) is 50.2 Å². The van der Waals surface area contributed by atoms with Crippen LogP contribution in [0.3, 0.4) is 0 Å². The van der Waals surface area contributed by atoms with Crippen molar-refractivity contribution in [3.8, 4) is 0 Å². The van der Waals surface area contributed by atoms with Crippen LogP contribution in [0.1, 0.15) is 31.2 Å². The Morgan fingerprint density at radius 2 is 1.86 bits per heavy atom. The van der Waals surface area contributed by atoms with Crippen LogP contribution in [0.5, 0.6) is 0 Å². The topological polar surface area (TPSA) is 89.9 Å². The van der Waals surface area contributed by atoms with Gasteiger partial charge in [0.1, 0.15) is 0 Å². The van der Waals surface area contributed by atoms with E-state index in [0.29, 0.717) is 32.1 Å². The van der Waals surface area contributed by atoms with Crippen molar-refractivity contribution in [3.05, 3.63) is 28.2 Å². The molecule has 0 unspecified atom stereocenters. The number of hydrogen-bond acceptors (Lipinski definition) is 5. The Hall–Kier alpha value is -1.17. The molecular formula is C18H20BrF3O6S. The van der Waals surface area contributed by atoms with Crippen molar-refractivity contribution >= 4 is 31.7 Å². The fourth-order valence-corrected chi connectivity index (χ4v) is 6.19. The van der Waals surface area contributed by atoms with E-state index in [1.807, 2.05) is 0 Å². The highest BCUT2D eigenvalue weighted by Gasteiger charge is 2.48. The van der Waals surface area contributed by atoms with Gasteiger partial charge in [0.2, 0.25) is 0 Å². The fraction of sp³-hybridized carbons (Fsp3) is 0.611. The van der Waals surface area contributed by atoms with Gasteiger partial charge in [0.15, 0.2) is 9.84 Å². The van der Waals surface area contributed by atoms with Crippen LogP contribution in [0.4, 0.5) is 13.2 Å². The molecule has 0 spiro atoms. The number of halogens is 4. The average Bonchev–Trinajstić information content (AvgIpc) is 3.06. The van der Waals surface area contributed by atoms with Crippen molar-refractivity contribution in [2.24, 2.45) is 5.92 Å². The molecule has 1 aliphatic carbocycles. The Balaban J connectivity index is 1.89. The van der Waals surface area contributed by atoms with Crippen LogP contribution in [0, 0.1) is 5.92 Å². The standard InChI is InChI=1S/C18H20BrF3O6S/c19-10-1-2-16(14(7-10)18(20,21)22)29(25,26)12-8-13(17(23)24)15(9-12)28-11-3-5-27-6-4-11/h1-2,7,11-13,15H,3-6,8-9H2,(H,23,24)/t12-,13-,15-/m0/s1. The summed E-state index contributed by atoms with van der Waals surface area (Å²) in [5.41, 5.74) is -1.27. The van der Waals surface area contributed by atoms with Crippen molar-refractivity contribution in [1.29, 1.82) is 0 Å². The predicted molar refractivity (Wildman–Crippen MR) is 99.2 cm³/mol. The molecule has 2 fully saturated rings. The Morgan fingerprint density at radius 1 is 1.21 bits per heavy atom. The molecule has 1 aromatic carbocycles. The van der Waals surface area contributed by atoms with Crippen molar-refractivity contribution < 1.29 is 41.0 Å². The molecule has 1 saturated carbocycles. The summed E-state index contributed by atoms with van der Waals surface area (Å²) in [5, 5.41) is 8.23. The summed E-state index contributed by atoms with van der Waals surface area (Å²) in [6, 6.07) is 2.85. The summed E-state index contributed by atoms with van der Waals surface area (Å²) >= 11 is 2.93. The van der Waals surface area contributed by atoms with Gasteiger partial charge in [-0.1, -0.05) is 15.9 Å². The first-order valence-corrected chi connectivity index (χ1v) is 11.4. The monoisotopic (exact) mass is 500 g/mol. The van der Waals surface area contributed by atoms with Gasteiger partial charge in [0, 0.05) is 17.7 Å². The Labute approximate surface area is 174 Å². The molecule has 0 aromatic heterocycles. The average molecular weight is 501 g/mol. The van der Waals surface area contributed by atoms with E-state index in [9.17, 15) is 31.5 Å². The number of rotatable bonds is 5. The van der Waals surface area contributed by atoms with Crippen molar-refractivity contribution in [3.63, 3.8) is 0 Å². The summed E-state index contributed by atoms with van der Waals surface area (Å²) in [5.74, 6) is -2.31. The predicted octanol–water partition coefficient (Wildman–Crippen LogP) is 3.67. The van der Waals surface area contributed by atoms with Gasteiger partial charge in [-0.05, 0) is 43.9 Å². The van der Waals surface area contributed by atoms with Crippen LogP contribution in [0.25, 0.3) is 0 Å². The lowest BCUT2D eigenvalue weighted by atomic mass is 10.1. The first-order valence-electron chi connectivity index (χ1n) is 9.07. The first-order chi connectivity index (χ1) is 13.5. The number of carboxylic acid groups (broad SMARTS) is 1. The Morgan fingerprint density at radius 3 is 2.45 bits per heavy atom. The number of ether oxygens (including phenoxy) is 2. The van der Waals surface area contributed by atoms with Gasteiger partial charge in [-0.15, -0.1) is 0 Å². The third-order valence-electron chi connectivity index (χ3n) is 5.31. The van der Waals surface area contributed by atoms with Gasteiger partial charge >= 0.3 is 12.1 Å². The highest BCUT2D eigenvalue weighted by Crippen LogP contribution is 2.42. The molecule has 162 valence electrons. The van der Waals surface area contributed by atoms with Gasteiger partial charge in [-0.25, -0.2) is 8.42 Å². The highest BCUT2D eigenvalue weighted by molar-refractivity contribution is 9.10. The number of hydrogen-bond donors (Lipinski definition) is 1. The lowest BCUT2D eigenvalue weighted by Gasteiger charge is -2.27. The van der Waals surface area contributed by atoms with Crippen LogP contribution < -0.4 is 0 Å². The van der Waals surface area contributed by atoms with E-state index >= 15 is 0 Å². The molecule has 11 heteroatoms.